The van der Waals surface area contributed by atoms with Crippen LogP contribution in [0.15, 0.2) is 36.5 Å². The van der Waals surface area contributed by atoms with E-state index in [0.717, 1.165) is 38.5 Å². The molecule has 414 valence electrons. The lowest BCUT2D eigenvalue weighted by Crippen LogP contribution is -2.28. The first-order valence-electron chi connectivity index (χ1n) is 30.5. The topological polar surface area (TPSA) is 117 Å². The predicted molar refractivity (Wildman–Crippen MR) is 303 cm³/mol. The minimum absolute atomic E-state index is 0.0938. The first-order chi connectivity index (χ1) is 34.4. The lowest BCUT2D eigenvalue weighted by Gasteiger charge is -2.20. The summed E-state index contributed by atoms with van der Waals surface area (Å²) in [5.74, 6) is -0.324. The number of hydrogen-bond acceptors (Lipinski definition) is 7. The van der Waals surface area contributed by atoms with Gasteiger partial charge in [0.15, 0.2) is 0 Å². The minimum atomic E-state index is -4.29. The van der Waals surface area contributed by atoms with Gasteiger partial charge in [-0.2, -0.15) is 0 Å². The molecule has 70 heavy (non-hydrogen) atoms. The van der Waals surface area contributed by atoms with E-state index in [4.69, 9.17) is 24.3 Å². The normalized spacial score (nSPS) is 13.4. The van der Waals surface area contributed by atoms with E-state index < -0.39 is 13.9 Å². The van der Waals surface area contributed by atoms with Crippen LogP contribution >= 0.6 is 7.82 Å². The quantitative estimate of drug-likeness (QED) is 0.0268. The van der Waals surface area contributed by atoms with Gasteiger partial charge in [0.1, 0.15) is 6.10 Å². The van der Waals surface area contributed by atoms with Gasteiger partial charge in [-0.1, -0.05) is 269 Å². The van der Waals surface area contributed by atoms with Crippen molar-refractivity contribution in [3.63, 3.8) is 0 Å². The molecule has 0 heterocycles. The Hall–Kier alpha value is -1.28. The van der Waals surface area contributed by atoms with E-state index in [9.17, 15) is 14.3 Å². The molecule has 0 saturated carbocycles. The summed E-state index contributed by atoms with van der Waals surface area (Å²) in [6.07, 6.45) is 72.1. The number of hydrogen-bond donors (Lipinski definition) is 2. The number of carbonyl (C=O) groups excluding carboxylic acids is 1. The van der Waals surface area contributed by atoms with Gasteiger partial charge in [-0.25, -0.2) is 4.57 Å². The second kappa shape index (κ2) is 58.6. The molecule has 9 heteroatoms. The first kappa shape index (κ1) is 68.7. The Labute approximate surface area is 435 Å². The van der Waals surface area contributed by atoms with Gasteiger partial charge in [0.05, 0.1) is 19.8 Å². The molecule has 2 atom stereocenters. The predicted octanol–water partition coefficient (Wildman–Crippen LogP) is 19.7. The number of nitrogens with two attached hydrogens (primary N) is 1. The van der Waals surface area contributed by atoms with E-state index in [2.05, 4.69) is 50.3 Å². The highest BCUT2D eigenvalue weighted by Gasteiger charge is 2.25. The Morgan fingerprint density at radius 3 is 1.13 bits per heavy atom. The molecular formula is C61H118NO7P. The van der Waals surface area contributed by atoms with Crippen molar-refractivity contribution in [2.24, 2.45) is 5.73 Å². The SMILES string of the molecule is CCCCCCC/C=C\C/C=C\CCCCCCCCCCCCCCCCOCC(COP(=O)(O)OCCN)OC(=O)CCCCCCCCCCCCCCC/C=C\CCCCCCCCCC. The molecular weight excluding hydrogens is 890 g/mol. The molecule has 0 aromatic carbocycles. The minimum Gasteiger partial charge on any atom is -0.457 e. The molecule has 0 fully saturated rings. The van der Waals surface area contributed by atoms with Crippen molar-refractivity contribution in [2.75, 3.05) is 33.0 Å². The van der Waals surface area contributed by atoms with Crippen LogP contribution in [0.5, 0.6) is 0 Å². The van der Waals surface area contributed by atoms with Crippen molar-refractivity contribution >= 4 is 13.8 Å². The molecule has 0 spiro atoms. The zero-order valence-corrected chi connectivity index (χ0v) is 47.4. The second-order valence-electron chi connectivity index (χ2n) is 20.6. The molecule has 3 N–H and O–H groups in total. The average Bonchev–Trinajstić information content (AvgIpc) is 3.35. The van der Waals surface area contributed by atoms with Gasteiger partial charge in [-0.3, -0.25) is 13.8 Å². The van der Waals surface area contributed by atoms with Crippen molar-refractivity contribution in [3.05, 3.63) is 36.5 Å². The summed E-state index contributed by atoms with van der Waals surface area (Å²) in [5, 5.41) is 0. The van der Waals surface area contributed by atoms with E-state index in [1.54, 1.807) is 0 Å². The van der Waals surface area contributed by atoms with Gasteiger partial charge in [-0.05, 0) is 70.6 Å². The Morgan fingerprint density at radius 2 is 0.757 bits per heavy atom. The van der Waals surface area contributed by atoms with Crippen molar-refractivity contribution in [1.82, 2.24) is 0 Å². The number of esters is 1. The van der Waals surface area contributed by atoms with Crippen molar-refractivity contribution in [3.8, 4) is 0 Å². The zero-order valence-electron chi connectivity index (χ0n) is 46.5. The van der Waals surface area contributed by atoms with Gasteiger partial charge in [0, 0.05) is 19.6 Å². The molecule has 0 saturated heterocycles. The van der Waals surface area contributed by atoms with Crippen LogP contribution < -0.4 is 5.73 Å². The van der Waals surface area contributed by atoms with Crippen LogP contribution in [0.2, 0.25) is 0 Å². The van der Waals surface area contributed by atoms with Crippen LogP contribution in [0, 0.1) is 0 Å². The molecule has 0 radical (unpaired) electrons. The van der Waals surface area contributed by atoms with Gasteiger partial charge in [0.25, 0.3) is 0 Å². The van der Waals surface area contributed by atoms with Crippen LogP contribution in [-0.4, -0.2) is 49.9 Å². The van der Waals surface area contributed by atoms with Crippen LogP contribution in [-0.2, 0) is 27.9 Å². The fourth-order valence-electron chi connectivity index (χ4n) is 9.03. The van der Waals surface area contributed by atoms with Crippen LogP contribution in [0.4, 0.5) is 0 Å². The summed E-state index contributed by atoms with van der Waals surface area (Å²) >= 11 is 0. The Kier molecular flexibility index (Phi) is 57.5. The summed E-state index contributed by atoms with van der Waals surface area (Å²) in [5.41, 5.74) is 5.41. The largest absolute Gasteiger partial charge is 0.472 e. The summed E-state index contributed by atoms with van der Waals surface area (Å²) in [6.45, 7) is 4.98. The van der Waals surface area contributed by atoms with Crippen molar-refractivity contribution in [1.29, 1.82) is 0 Å². The highest BCUT2D eigenvalue weighted by Crippen LogP contribution is 2.43. The third kappa shape index (κ3) is 57.6. The number of carbonyl (C=O) groups is 1. The van der Waals surface area contributed by atoms with E-state index in [1.165, 1.54) is 250 Å². The number of rotatable bonds is 59. The summed E-state index contributed by atoms with van der Waals surface area (Å²) in [4.78, 5) is 22.7. The number of ether oxygens (including phenoxy) is 2. The molecule has 0 aliphatic heterocycles. The third-order valence-electron chi connectivity index (χ3n) is 13.5. The van der Waals surface area contributed by atoms with Crippen LogP contribution in [0.1, 0.15) is 309 Å². The standard InChI is InChI=1S/C61H118NO7P/c1-3-5-7-9-11-13-15-17-19-21-23-25-27-29-31-33-35-37-39-41-43-45-47-49-51-53-56-66-58-60(59-68-70(64,65)67-57-55-62)69-61(63)54-52-50-48-46-44-42-40-38-36-34-32-30-28-26-24-22-20-18-16-14-12-10-8-6-4-2/h15,17,21-24,60H,3-14,16,18-20,25-59,62H2,1-2H3,(H,64,65)/b17-15-,23-21-,24-22-. The highest BCUT2D eigenvalue weighted by molar-refractivity contribution is 7.47. The molecule has 0 aliphatic rings. The van der Waals surface area contributed by atoms with Crippen LogP contribution in [0.3, 0.4) is 0 Å². The van der Waals surface area contributed by atoms with E-state index >= 15 is 0 Å². The van der Waals surface area contributed by atoms with Gasteiger partial charge in [0.2, 0.25) is 0 Å². The van der Waals surface area contributed by atoms with E-state index in [0.29, 0.717) is 13.0 Å². The smallest absolute Gasteiger partial charge is 0.457 e. The first-order valence-corrected chi connectivity index (χ1v) is 32.0. The molecule has 0 rings (SSSR count). The molecule has 0 aromatic heterocycles. The number of phosphoric ester groups is 1. The fourth-order valence-corrected chi connectivity index (χ4v) is 9.79. The maximum Gasteiger partial charge on any atom is 0.472 e. The number of unbranched alkanes of at least 4 members (excludes halogenated alkanes) is 40. The molecule has 0 amide bonds. The van der Waals surface area contributed by atoms with Gasteiger partial charge < -0.3 is 20.1 Å². The number of phosphoric acid groups is 1. The Morgan fingerprint density at radius 1 is 0.429 bits per heavy atom. The monoisotopic (exact) mass is 1010 g/mol. The summed E-state index contributed by atoms with van der Waals surface area (Å²) < 4.78 is 33.7. The molecule has 0 bridgehead atoms. The molecule has 8 nitrogen and oxygen atoms in total. The maximum atomic E-state index is 12.7. The lowest BCUT2D eigenvalue weighted by atomic mass is 10.0. The van der Waals surface area contributed by atoms with E-state index in [1.807, 2.05) is 0 Å². The molecule has 0 aromatic rings. The third-order valence-corrected chi connectivity index (χ3v) is 14.5. The molecule has 2 unspecified atom stereocenters. The Balaban J connectivity index is 3.83. The Bertz CT molecular complexity index is 1180. The van der Waals surface area contributed by atoms with Gasteiger partial charge >= 0.3 is 13.8 Å². The second-order valence-corrected chi connectivity index (χ2v) is 22.0. The lowest BCUT2D eigenvalue weighted by molar-refractivity contribution is -0.154. The maximum absolute atomic E-state index is 12.7. The van der Waals surface area contributed by atoms with Crippen molar-refractivity contribution < 1.29 is 32.8 Å². The number of allylic oxidation sites excluding steroid dienone is 6. The summed E-state index contributed by atoms with van der Waals surface area (Å²) in [7, 11) is -4.29. The van der Waals surface area contributed by atoms with Crippen molar-refractivity contribution in [2.45, 2.75) is 315 Å². The zero-order chi connectivity index (χ0) is 50.8. The fraction of sp³-hybridized carbons (Fsp3) is 0.885. The van der Waals surface area contributed by atoms with Gasteiger partial charge in [-0.15, -0.1) is 0 Å². The van der Waals surface area contributed by atoms with Crippen LogP contribution in [0.25, 0.3) is 0 Å². The van der Waals surface area contributed by atoms with E-state index in [-0.39, 0.29) is 32.3 Å². The summed E-state index contributed by atoms with van der Waals surface area (Å²) in [6, 6.07) is 0. The average molecular weight is 1010 g/mol. The highest BCUT2D eigenvalue weighted by atomic mass is 31.2. The molecule has 0 aliphatic carbocycles.